The van der Waals surface area contributed by atoms with Crippen LogP contribution in [0.1, 0.15) is 47.0 Å². The van der Waals surface area contributed by atoms with Crippen LogP contribution in [-0.4, -0.2) is 35.4 Å². The molecule has 5 nitrogen and oxygen atoms in total. The first-order chi connectivity index (χ1) is 13.9. The maximum Gasteiger partial charge on any atom is 0.312 e. The molecular formula is C25H30O5. The number of carbonyl (C=O) groups is 3. The fourth-order valence-corrected chi connectivity index (χ4v) is 9.75. The Bertz CT molecular complexity index is 991. The number of cyclic esters (lactones) is 1. The van der Waals surface area contributed by atoms with E-state index in [0.29, 0.717) is 6.42 Å². The number of carbonyl (C=O) groups excluding carboxylic acids is 3. The number of aliphatic hydroxyl groups is 1. The summed E-state index contributed by atoms with van der Waals surface area (Å²) in [6.45, 7) is 12.8. The van der Waals surface area contributed by atoms with Gasteiger partial charge in [0.05, 0.1) is 17.4 Å². The zero-order valence-corrected chi connectivity index (χ0v) is 18.2. The zero-order chi connectivity index (χ0) is 21.6. The van der Waals surface area contributed by atoms with Gasteiger partial charge < -0.3 is 9.84 Å². The molecule has 0 amide bonds. The summed E-state index contributed by atoms with van der Waals surface area (Å²) < 4.78 is 5.62. The van der Waals surface area contributed by atoms with Gasteiger partial charge in [0.2, 0.25) is 0 Å². The van der Waals surface area contributed by atoms with Gasteiger partial charge in [-0.2, -0.15) is 0 Å². The van der Waals surface area contributed by atoms with Crippen molar-refractivity contribution in [2.75, 3.05) is 6.61 Å². The molecular weight excluding hydrogens is 380 g/mol. The van der Waals surface area contributed by atoms with E-state index in [1.54, 1.807) is 6.08 Å². The fraction of sp³-hybridized carbons (Fsp3) is 0.720. The number of fused-ring (bicyclic) bond motifs is 2. The highest BCUT2D eigenvalue weighted by molar-refractivity contribution is 5.98. The lowest BCUT2D eigenvalue weighted by molar-refractivity contribution is -0.219. The second-order valence-electron chi connectivity index (χ2n) is 12.0. The number of ketones is 2. The second kappa shape index (κ2) is 4.85. The van der Waals surface area contributed by atoms with Crippen LogP contribution in [-0.2, 0) is 19.1 Å². The van der Waals surface area contributed by atoms with Crippen molar-refractivity contribution in [1.82, 2.24) is 0 Å². The highest BCUT2D eigenvalue weighted by atomic mass is 16.5. The Kier molecular flexibility index (Phi) is 3.06. The van der Waals surface area contributed by atoms with Crippen molar-refractivity contribution in [3.8, 4) is 0 Å². The number of hydrogen-bond donors (Lipinski definition) is 1. The van der Waals surface area contributed by atoms with Gasteiger partial charge in [-0.3, -0.25) is 14.4 Å². The van der Waals surface area contributed by atoms with Gasteiger partial charge in [0.1, 0.15) is 12.4 Å². The highest BCUT2D eigenvalue weighted by Gasteiger charge is 2.86. The molecule has 0 aromatic rings. The molecule has 1 aliphatic heterocycles. The summed E-state index contributed by atoms with van der Waals surface area (Å²) in [7, 11) is 0. The van der Waals surface area contributed by atoms with Crippen molar-refractivity contribution in [2.24, 2.45) is 50.7 Å². The van der Waals surface area contributed by atoms with E-state index in [4.69, 9.17) is 4.74 Å². The number of allylic oxidation sites excluding steroid dienone is 2. The molecule has 1 N–H and O–H groups in total. The minimum atomic E-state index is -1.03. The van der Waals surface area contributed by atoms with Crippen LogP contribution in [0, 0.1) is 50.7 Å². The predicted octanol–water partition coefficient (Wildman–Crippen LogP) is 2.87. The number of rotatable bonds is 0. The lowest BCUT2D eigenvalue weighted by Gasteiger charge is -2.68. The molecule has 5 fully saturated rings. The van der Waals surface area contributed by atoms with Crippen molar-refractivity contribution in [3.63, 3.8) is 0 Å². The van der Waals surface area contributed by atoms with Crippen molar-refractivity contribution < 1.29 is 24.2 Å². The molecule has 3 bridgehead atoms. The topological polar surface area (TPSA) is 80.7 Å². The first kappa shape index (κ1) is 19.0. The molecule has 5 aliphatic carbocycles. The number of aliphatic hydroxyl groups excluding tert-OH is 1. The molecule has 6 aliphatic rings. The minimum absolute atomic E-state index is 0.0232. The Morgan fingerprint density at radius 1 is 1.17 bits per heavy atom. The Hall–Kier alpha value is -1.75. The average Bonchev–Trinajstić information content (AvgIpc) is 3.10. The summed E-state index contributed by atoms with van der Waals surface area (Å²) in [4.78, 5) is 39.6. The van der Waals surface area contributed by atoms with Crippen LogP contribution in [0.5, 0.6) is 0 Å². The molecule has 0 radical (unpaired) electrons. The van der Waals surface area contributed by atoms with Crippen molar-refractivity contribution in [2.45, 2.75) is 53.1 Å². The Balaban J connectivity index is 1.65. The lowest BCUT2D eigenvalue weighted by atomic mass is 9.34. The molecule has 0 unspecified atom stereocenters. The zero-order valence-electron chi connectivity index (χ0n) is 18.2. The number of ether oxygens (including phenoxy) is 1. The summed E-state index contributed by atoms with van der Waals surface area (Å²) in [6.07, 6.45) is 5.01. The molecule has 5 heteroatoms. The van der Waals surface area contributed by atoms with Crippen LogP contribution in [0.3, 0.4) is 0 Å². The van der Waals surface area contributed by atoms with E-state index in [-0.39, 0.29) is 46.8 Å². The first-order valence-corrected chi connectivity index (χ1v) is 11.2. The third-order valence-corrected chi connectivity index (χ3v) is 10.9. The van der Waals surface area contributed by atoms with Crippen LogP contribution in [0.25, 0.3) is 0 Å². The van der Waals surface area contributed by atoms with Gasteiger partial charge in [0.15, 0.2) is 5.78 Å². The van der Waals surface area contributed by atoms with Crippen molar-refractivity contribution >= 4 is 17.5 Å². The van der Waals surface area contributed by atoms with E-state index in [2.05, 4.69) is 19.6 Å². The average molecular weight is 411 g/mol. The van der Waals surface area contributed by atoms with E-state index in [1.807, 2.05) is 20.8 Å². The molecule has 0 aromatic carbocycles. The van der Waals surface area contributed by atoms with E-state index >= 15 is 0 Å². The smallest absolute Gasteiger partial charge is 0.312 e. The standard InChI is InChI=1S/C25H30O5/c1-12-15-17-22(4)8-7-14(26)21(2,3)13(22)6-9-24(17)10-23(5,18(15)27)19(28)16-20(29)30-11-25(12,16)24/h7-8,13,15-17,19,28H,1,6,9-11H2,2-5H3/t13-,15+,16-,17-,19+,22-,23+,24-,25-/m0/s1. The van der Waals surface area contributed by atoms with Crippen molar-refractivity contribution in [3.05, 3.63) is 24.3 Å². The molecule has 0 aromatic heterocycles. The lowest BCUT2D eigenvalue weighted by Crippen LogP contribution is -2.70. The van der Waals surface area contributed by atoms with Crippen molar-refractivity contribution in [1.29, 1.82) is 0 Å². The molecule has 4 saturated carbocycles. The molecule has 2 spiro atoms. The summed E-state index contributed by atoms with van der Waals surface area (Å²) in [5.74, 6) is -1.22. The summed E-state index contributed by atoms with van der Waals surface area (Å²) in [5, 5.41) is 11.3. The third kappa shape index (κ3) is 1.51. The van der Waals surface area contributed by atoms with Crippen LogP contribution in [0.2, 0.25) is 0 Å². The minimum Gasteiger partial charge on any atom is -0.464 e. The first-order valence-electron chi connectivity index (χ1n) is 11.2. The van der Waals surface area contributed by atoms with Crippen LogP contribution in [0.4, 0.5) is 0 Å². The van der Waals surface area contributed by atoms with Gasteiger partial charge >= 0.3 is 5.97 Å². The van der Waals surface area contributed by atoms with Gasteiger partial charge in [-0.1, -0.05) is 45.9 Å². The highest BCUT2D eigenvalue weighted by Crippen LogP contribution is 2.84. The van der Waals surface area contributed by atoms with Gasteiger partial charge in [-0.05, 0) is 48.0 Å². The van der Waals surface area contributed by atoms with E-state index in [0.717, 1.165) is 18.4 Å². The summed E-state index contributed by atoms with van der Waals surface area (Å²) >= 11 is 0. The number of esters is 1. The number of hydrogen-bond acceptors (Lipinski definition) is 5. The van der Waals surface area contributed by atoms with Gasteiger partial charge in [-0.15, -0.1) is 0 Å². The molecule has 1 saturated heterocycles. The molecule has 9 atom stereocenters. The Morgan fingerprint density at radius 2 is 1.87 bits per heavy atom. The monoisotopic (exact) mass is 410 g/mol. The largest absolute Gasteiger partial charge is 0.464 e. The normalized spacial score (nSPS) is 57.2. The van der Waals surface area contributed by atoms with Crippen LogP contribution in [0.15, 0.2) is 24.3 Å². The van der Waals surface area contributed by atoms with Gasteiger partial charge in [-0.25, -0.2) is 0 Å². The molecule has 6 rings (SSSR count). The summed E-state index contributed by atoms with van der Waals surface area (Å²) in [5.41, 5.74) is -1.99. The third-order valence-electron chi connectivity index (χ3n) is 10.9. The summed E-state index contributed by atoms with van der Waals surface area (Å²) in [6, 6.07) is 0. The predicted molar refractivity (Wildman–Crippen MR) is 108 cm³/mol. The van der Waals surface area contributed by atoms with Gasteiger partial charge in [0, 0.05) is 16.7 Å². The second-order valence-corrected chi connectivity index (χ2v) is 12.0. The van der Waals surface area contributed by atoms with Crippen LogP contribution >= 0.6 is 0 Å². The Labute approximate surface area is 176 Å². The number of Topliss-reactive ketones (excluding diaryl/α,β-unsaturated/α-hetero) is 1. The maximum atomic E-state index is 13.9. The van der Waals surface area contributed by atoms with E-state index in [9.17, 15) is 19.5 Å². The Morgan fingerprint density at radius 3 is 2.57 bits per heavy atom. The maximum absolute atomic E-state index is 13.9. The molecule has 160 valence electrons. The molecule has 30 heavy (non-hydrogen) atoms. The molecule has 1 heterocycles. The van der Waals surface area contributed by atoms with Gasteiger partial charge in [0.25, 0.3) is 0 Å². The van der Waals surface area contributed by atoms with Crippen LogP contribution < -0.4 is 0 Å². The quantitative estimate of drug-likeness (QED) is 0.491. The van der Waals surface area contributed by atoms with E-state index < -0.39 is 34.2 Å². The fourth-order valence-electron chi connectivity index (χ4n) is 9.75. The van der Waals surface area contributed by atoms with E-state index in [1.165, 1.54) is 0 Å². The SMILES string of the molecule is C=C1[C@H]2C(=O)[C@@]3(C)C[C@]4(CC[C@H]5C(C)(C)C(=O)C=C[C@]5(C)[C@H]24)[C@@]12COC(=O)[C@@H]2[C@H]3O.